The molecular formula is C4H12N2Na2O2+2. The zero-order valence-corrected chi connectivity index (χ0v) is 10.9. The summed E-state index contributed by atoms with van der Waals surface area (Å²) in [5.41, 5.74) is 9.81. The van der Waals surface area contributed by atoms with E-state index < -0.39 is 5.97 Å². The Bertz CT molecular complexity index is 57.2. The predicted molar refractivity (Wildman–Crippen MR) is 31.4 cm³/mol. The zero-order chi connectivity index (χ0) is 6.99. The summed E-state index contributed by atoms with van der Waals surface area (Å²) < 4.78 is 0. The van der Waals surface area contributed by atoms with Crippen molar-refractivity contribution in [3.63, 3.8) is 0 Å². The predicted octanol–water partition coefficient (Wildman–Crippen LogP) is -7.00. The number of aliphatic carboxylic acids is 1. The van der Waals surface area contributed by atoms with E-state index in [4.69, 9.17) is 21.4 Å². The first-order valence-corrected chi connectivity index (χ1v) is 2.24. The van der Waals surface area contributed by atoms with Crippen LogP contribution in [0.3, 0.4) is 0 Å². The maximum Gasteiger partial charge on any atom is 1.00 e. The molecule has 0 unspecified atom stereocenters. The van der Waals surface area contributed by atoms with Gasteiger partial charge in [-0.15, -0.1) is 0 Å². The molecule has 0 aliphatic heterocycles. The van der Waals surface area contributed by atoms with Crippen molar-refractivity contribution in [3.05, 3.63) is 0 Å². The molecule has 0 bridgehead atoms. The number of hydrogen-bond donors (Lipinski definition) is 3. The molecule has 50 valence electrons. The van der Waals surface area contributed by atoms with Crippen LogP contribution in [-0.4, -0.2) is 24.2 Å². The Morgan fingerprint density at radius 1 is 1.30 bits per heavy atom. The quantitative estimate of drug-likeness (QED) is 0.338. The van der Waals surface area contributed by atoms with Crippen molar-refractivity contribution in [2.75, 3.05) is 13.1 Å². The average Bonchev–Trinajstić information content (AvgIpc) is 1.65. The summed E-state index contributed by atoms with van der Waals surface area (Å²) in [5.74, 6) is -0.833. The van der Waals surface area contributed by atoms with E-state index in [1.54, 1.807) is 0 Å². The van der Waals surface area contributed by atoms with Gasteiger partial charge >= 0.3 is 59.1 Å². The molecule has 0 saturated carbocycles. The second-order valence-electron chi connectivity index (χ2n) is 1.10. The van der Waals surface area contributed by atoms with Crippen molar-refractivity contribution in [3.8, 4) is 0 Å². The molecule has 10 heavy (non-hydrogen) atoms. The second kappa shape index (κ2) is 22.4. The summed E-state index contributed by atoms with van der Waals surface area (Å²) in [6, 6.07) is 0. The van der Waals surface area contributed by atoms with Gasteiger partial charge in [-0.05, 0) is 0 Å². The number of hydrogen-bond acceptors (Lipinski definition) is 3. The largest absolute Gasteiger partial charge is 1.00 e. The number of carboxylic acid groups (broad SMARTS) is 1. The number of carboxylic acids is 1. The van der Waals surface area contributed by atoms with Gasteiger partial charge in [0.1, 0.15) is 0 Å². The Labute approximate surface area is 105 Å². The fourth-order valence-corrected chi connectivity index (χ4v) is 0. The summed E-state index contributed by atoms with van der Waals surface area (Å²) >= 11 is 0. The van der Waals surface area contributed by atoms with Crippen LogP contribution in [0.15, 0.2) is 0 Å². The SMILES string of the molecule is CC(=O)O.NCCN.[Na+].[Na+]. The van der Waals surface area contributed by atoms with Crippen LogP contribution in [-0.2, 0) is 4.79 Å². The molecule has 0 fully saturated rings. The minimum atomic E-state index is -0.833. The van der Waals surface area contributed by atoms with Gasteiger partial charge in [0.15, 0.2) is 0 Å². The van der Waals surface area contributed by atoms with Crippen LogP contribution < -0.4 is 70.6 Å². The maximum absolute atomic E-state index is 9.00. The average molecular weight is 166 g/mol. The molecule has 0 heterocycles. The van der Waals surface area contributed by atoms with Crippen molar-refractivity contribution >= 4 is 5.97 Å². The third-order valence-electron chi connectivity index (χ3n) is 0.167. The number of carbonyl (C=O) groups is 1. The van der Waals surface area contributed by atoms with Crippen LogP contribution in [0, 0.1) is 0 Å². The van der Waals surface area contributed by atoms with Gasteiger partial charge in [0.2, 0.25) is 0 Å². The van der Waals surface area contributed by atoms with E-state index in [1.807, 2.05) is 0 Å². The van der Waals surface area contributed by atoms with Gasteiger partial charge in [0.25, 0.3) is 5.97 Å². The Morgan fingerprint density at radius 2 is 1.40 bits per heavy atom. The van der Waals surface area contributed by atoms with E-state index in [0.717, 1.165) is 6.92 Å². The molecule has 0 spiro atoms. The van der Waals surface area contributed by atoms with Crippen LogP contribution in [0.4, 0.5) is 0 Å². The van der Waals surface area contributed by atoms with Gasteiger partial charge < -0.3 is 16.6 Å². The molecule has 0 rings (SSSR count). The Morgan fingerprint density at radius 3 is 1.40 bits per heavy atom. The van der Waals surface area contributed by atoms with Gasteiger partial charge in [0.05, 0.1) is 0 Å². The van der Waals surface area contributed by atoms with E-state index in [2.05, 4.69) is 0 Å². The Kier molecular flexibility index (Phi) is 50.5. The topological polar surface area (TPSA) is 89.3 Å². The van der Waals surface area contributed by atoms with Crippen molar-refractivity contribution in [2.45, 2.75) is 6.92 Å². The first kappa shape index (κ1) is 22.5. The molecule has 0 aromatic rings. The Hall–Kier alpha value is 1.39. The van der Waals surface area contributed by atoms with Crippen LogP contribution >= 0.6 is 0 Å². The smallest absolute Gasteiger partial charge is 0.481 e. The van der Waals surface area contributed by atoms with E-state index in [9.17, 15) is 0 Å². The fraction of sp³-hybridized carbons (Fsp3) is 0.750. The number of rotatable bonds is 1. The number of nitrogens with two attached hydrogens (primary N) is 2. The van der Waals surface area contributed by atoms with Crippen molar-refractivity contribution in [1.82, 2.24) is 0 Å². The molecule has 0 saturated heterocycles. The third-order valence-corrected chi connectivity index (χ3v) is 0.167. The monoisotopic (exact) mass is 166 g/mol. The summed E-state index contributed by atoms with van der Waals surface area (Å²) in [7, 11) is 0. The minimum absolute atomic E-state index is 0. The van der Waals surface area contributed by atoms with Crippen LogP contribution in [0.2, 0.25) is 0 Å². The van der Waals surface area contributed by atoms with E-state index in [0.29, 0.717) is 13.1 Å². The standard InChI is InChI=1S/C2H8N2.C2H4O2.2Na/c3-1-2-4;1-2(3)4;;/h1-4H2;1H3,(H,3,4);;/q;;2*+1. The molecule has 0 aromatic heterocycles. The Balaban J connectivity index is -0.0000000300. The van der Waals surface area contributed by atoms with Gasteiger partial charge in [-0.25, -0.2) is 0 Å². The zero-order valence-electron chi connectivity index (χ0n) is 6.92. The molecule has 5 N–H and O–H groups in total. The summed E-state index contributed by atoms with van der Waals surface area (Å²) in [6.07, 6.45) is 0. The van der Waals surface area contributed by atoms with Crippen LogP contribution in [0.1, 0.15) is 6.92 Å². The molecule has 0 aliphatic carbocycles. The van der Waals surface area contributed by atoms with E-state index in [-0.39, 0.29) is 59.1 Å². The van der Waals surface area contributed by atoms with E-state index in [1.165, 1.54) is 0 Å². The molecule has 4 nitrogen and oxygen atoms in total. The summed E-state index contributed by atoms with van der Waals surface area (Å²) in [5, 5.41) is 7.42. The summed E-state index contributed by atoms with van der Waals surface area (Å²) in [6.45, 7) is 2.28. The molecule has 0 atom stereocenters. The van der Waals surface area contributed by atoms with E-state index >= 15 is 0 Å². The normalized spacial score (nSPS) is 5.50. The molecule has 0 aromatic carbocycles. The third kappa shape index (κ3) is 116. The van der Waals surface area contributed by atoms with Crippen molar-refractivity contribution in [2.24, 2.45) is 11.5 Å². The molecule has 6 heteroatoms. The van der Waals surface area contributed by atoms with Crippen LogP contribution in [0.5, 0.6) is 0 Å². The first-order valence-electron chi connectivity index (χ1n) is 2.24. The van der Waals surface area contributed by atoms with Gasteiger partial charge in [-0.1, -0.05) is 0 Å². The van der Waals surface area contributed by atoms with Gasteiger partial charge in [-0.3, -0.25) is 4.79 Å². The molecule has 0 aliphatic rings. The fourth-order valence-electron chi connectivity index (χ4n) is 0. The van der Waals surface area contributed by atoms with Crippen LogP contribution in [0.25, 0.3) is 0 Å². The van der Waals surface area contributed by atoms with Gasteiger partial charge in [0, 0.05) is 20.0 Å². The van der Waals surface area contributed by atoms with Crippen molar-refractivity contribution < 1.29 is 69.0 Å². The molecule has 0 amide bonds. The summed E-state index contributed by atoms with van der Waals surface area (Å²) in [4.78, 5) is 9.00. The maximum atomic E-state index is 9.00. The second-order valence-corrected chi connectivity index (χ2v) is 1.10. The van der Waals surface area contributed by atoms with Gasteiger partial charge in [-0.2, -0.15) is 0 Å². The first-order chi connectivity index (χ1) is 3.65. The molecule has 0 radical (unpaired) electrons. The molecular weight excluding hydrogens is 154 g/mol. The minimum Gasteiger partial charge on any atom is -0.481 e. The van der Waals surface area contributed by atoms with Crippen molar-refractivity contribution in [1.29, 1.82) is 0 Å².